The Kier molecular flexibility index (Phi) is 1.42. The number of rotatable bonds is 1. The first-order chi connectivity index (χ1) is 5.20. The van der Waals surface area contributed by atoms with Crippen LogP contribution in [0.3, 0.4) is 0 Å². The second-order valence-electron chi connectivity index (χ2n) is 3.69. The average Bonchev–Trinajstić information content (AvgIpc) is 2.44. The fraction of sp³-hybridized carbons (Fsp3) is 0.875. The molecule has 0 unspecified atom stereocenters. The normalized spacial score (nSPS) is 48.1. The first kappa shape index (κ1) is 7.10. The van der Waals surface area contributed by atoms with Crippen LogP contribution in [-0.4, -0.2) is 22.3 Å². The molecule has 2 saturated carbocycles. The van der Waals surface area contributed by atoms with Crippen molar-refractivity contribution in [2.75, 3.05) is 0 Å². The number of aliphatic hydroxyl groups is 1. The summed E-state index contributed by atoms with van der Waals surface area (Å²) in [6.07, 6.45) is 2.39. The highest BCUT2D eigenvalue weighted by atomic mass is 16.4. The zero-order valence-corrected chi connectivity index (χ0v) is 6.23. The molecule has 0 aromatic carbocycles. The van der Waals surface area contributed by atoms with Crippen LogP contribution in [-0.2, 0) is 4.79 Å². The van der Waals surface area contributed by atoms with Gasteiger partial charge in [0.1, 0.15) is 0 Å². The van der Waals surface area contributed by atoms with Crippen molar-refractivity contribution in [3.8, 4) is 0 Å². The van der Waals surface area contributed by atoms with Gasteiger partial charge in [-0.15, -0.1) is 0 Å². The van der Waals surface area contributed by atoms with Crippen LogP contribution in [0.2, 0.25) is 0 Å². The minimum absolute atomic E-state index is 0.257. The lowest BCUT2D eigenvalue weighted by atomic mass is 9.86. The molecule has 0 heterocycles. The van der Waals surface area contributed by atoms with Crippen LogP contribution in [0.25, 0.3) is 0 Å². The molecule has 2 N–H and O–H groups in total. The largest absolute Gasteiger partial charge is 0.481 e. The zero-order valence-electron chi connectivity index (χ0n) is 6.23. The highest BCUT2D eigenvalue weighted by Gasteiger charge is 2.50. The lowest BCUT2D eigenvalue weighted by molar-refractivity contribution is -0.147. The summed E-state index contributed by atoms with van der Waals surface area (Å²) in [4.78, 5) is 10.6. The van der Waals surface area contributed by atoms with Crippen LogP contribution in [0.5, 0.6) is 0 Å². The Hall–Kier alpha value is -0.570. The molecule has 3 heteroatoms. The van der Waals surface area contributed by atoms with Gasteiger partial charge in [-0.1, -0.05) is 0 Å². The molecule has 2 aliphatic carbocycles. The number of hydrogen-bond donors (Lipinski definition) is 2. The van der Waals surface area contributed by atoms with Gasteiger partial charge in [-0.3, -0.25) is 4.79 Å². The summed E-state index contributed by atoms with van der Waals surface area (Å²) in [5.41, 5.74) is 0. The Morgan fingerprint density at radius 2 is 1.91 bits per heavy atom. The smallest absolute Gasteiger partial charge is 0.309 e. The maximum atomic E-state index is 10.6. The second kappa shape index (κ2) is 2.21. The van der Waals surface area contributed by atoms with E-state index < -0.39 is 18.0 Å². The van der Waals surface area contributed by atoms with E-state index in [9.17, 15) is 9.90 Å². The number of carbonyl (C=O) groups is 1. The monoisotopic (exact) mass is 156 g/mol. The lowest BCUT2D eigenvalue weighted by Crippen LogP contribution is -2.33. The van der Waals surface area contributed by atoms with Crippen molar-refractivity contribution in [2.24, 2.45) is 17.8 Å². The highest BCUT2D eigenvalue weighted by Crippen LogP contribution is 2.48. The molecule has 0 aromatic rings. The Morgan fingerprint density at radius 1 is 1.27 bits per heavy atom. The number of fused-ring (bicyclic) bond motifs is 2. The summed E-state index contributed by atoms with van der Waals surface area (Å²) < 4.78 is 0. The summed E-state index contributed by atoms with van der Waals surface area (Å²) in [5.74, 6) is -0.743. The Balaban J connectivity index is 2.17. The fourth-order valence-electron chi connectivity index (χ4n) is 2.61. The van der Waals surface area contributed by atoms with Gasteiger partial charge in [-0.2, -0.15) is 0 Å². The number of aliphatic carboxylic acids is 1. The van der Waals surface area contributed by atoms with Crippen LogP contribution < -0.4 is 0 Å². The van der Waals surface area contributed by atoms with E-state index in [2.05, 4.69) is 0 Å². The van der Waals surface area contributed by atoms with Crippen molar-refractivity contribution in [1.29, 1.82) is 0 Å². The molecule has 0 aromatic heterocycles. The molecule has 2 rings (SSSR count). The third-order valence-corrected chi connectivity index (χ3v) is 3.16. The van der Waals surface area contributed by atoms with Gasteiger partial charge in [0, 0.05) is 0 Å². The Bertz CT molecular complexity index is 188. The molecular weight excluding hydrogens is 144 g/mol. The fourth-order valence-corrected chi connectivity index (χ4v) is 2.61. The molecule has 0 amide bonds. The van der Waals surface area contributed by atoms with Gasteiger partial charge in [0.2, 0.25) is 0 Å². The summed E-state index contributed by atoms with van der Waals surface area (Å²) in [7, 11) is 0. The lowest BCUT2D eigenvalue weighted by Gasteiger charge is -2.22. The van der Waals surface area contributed by atoms with Crippen molar-refractivity contribution in [1.82, 2.24) is 0 Å². The van der Waals surface area contributed by atoms with E-state index in [0.29, 0.717) is 0 Å². The van der Waals surface area contributed by atoms with E-state index in [0.717, 1.165) is 19.3 Å². The van der Waals surface area contributed by atoms with Crippen LogP contribution in [0.4, 0.5) is 0 Å². The minimum Gasteiger partial charge on any atom is -0.481 e. The zero-order chi connectivity index (χ0) is 8.01. The standard InChI is InChI=1S/C8H12O3/c9-7-5-2-1-4(3-5)6(7)8(10)11/h4-7,9H,1-3H2,(H,10,11)/t4-,5-,6+,7-/m0/s1. The Morgan fingerprint density at radius 3 is 2.27 bits per heavy atom. The predicted octanol–water partition coefficient (Wildman–Crippen LogP) is 0.478. The third kappa shape index (κ3) is 0.872. The van der Waals surface area contributed by atoms with Gasteiger partial charge in [-0.25, -0.2) is 0 Å². The van der Waals surface area contributed by atoms with Crippen molar-refractivity contribution in [3.05, 3.63) is 0 Å². The van der Waals surface area contributed by atoms with Crippen LogP contribution in [0.1, 0.15) is 19.3 Å². The molecule has 0 aliphatic heterocycles. The molecule has 2 bridgehead atoms. The molecule has 0 saturated heterocycles. The van der Waals surface area contributed by atoms with Crippen LogP contribution in [0.15, 0.2) is 0 Å². The average molecular weight is 156 g/mol. The summed E-state index contributed by atoms with van der Waals surface area (Å²) in [6, 6.07) is 0. The van der Waals surface area contributed by atoms with E-state index >= 15 is 0 Å². The maximum absolute atomic E-state index is 10.6. The first-order valence-electron chi connectivity index (χ1n) is 4.11. The van der Waals surface area contributed by atoms with Gasteiger partial charge >= 0.3 is 5.97 Å². The quantitative estimate of drug-likeness (QED) is 0.580. The number of carboxylic acids is 1. The van der Waals surface area contributed by atoms with Gasteiger partial charge in [0.15, 0.2) is 0 Å². The van der Waals surface area contributed by atoms with Crippen molar-refractivity contribution < 1.29 is 15.0 Å². The van der Waals surface area contributed by atoms with E-state index in [1.165, 1.54) is 0 Å². The highest BCUT2D eigenvalue weighted by molar-refractivity contribution is 5.72. The molecular formula is C8H12O3. The molecule has 4 atom stereocenters. The van der Waals surface area contributed by atoms with E-state index in [4.69, 9.17) is 5.11 Å². The molecule has 0 spiro atoms. The topological polar surface area (TPSA) is 57.5 Å². The number of hydrogen-bond acceptors (Lipinski definition) is 2. The molecule has 2 fully saturated rings. The third-order valence-electron chi connectivity index (χ3n) is 3.16. The molecule has 62 valence electrons. The summed E-state index contributed by atoms with van der Waals surface area (Å²) in [6.45, 7) is 0. The van der Waals surface area contributed by atoms with Gasteiger partial charge < -0.3 is 10.2 Å². The Labute approximate surface area is 65.0 Å². The van der Waals surface area contributed by atoms with Crippen LogP contribution in [0, 0.1) is 17.8 Å². The van der Waals surface area contributed by atoms with Crippen molar-refractivity contribution in [2.45, 2.75) is 25.4 Å². The minimum atomic E-state index is -0.815. The predicted molar refractivity (Wildman–Crippen MR) is 38.0 cm³/mol. The molecule has 0 radical (unpaired) electrons. The SMILES string of the molecule is O=C(O)[C@@H]1[C@H]2CC[C@@H](C2)[C@@H]1O. The van der Waals surface area contributed by atoms with E-state index in [1.807, 2.05) is 0 Å². The number of aliphatic hydroxyl groups excluding tert-OH is 1. The summed E-state index contributed by atoms with van der Waals surface area (Å²) in [5, 5.41) is 18.2. The first-order valence-corrected chi connectivity index (χ1v) is 4.11. The van der Waals surface area contributed by atoms with Crippen molar-refractivity contribution in [3.63, 3.8) is 0 Å². The molecule has 2 aliphatic rings. The van der Waals surface area contributed by atoms with Crippen LogP contribution >= 0.6 is 0 Å². The van der Waals surface area contributed by atoms with Gasteiger partial charge in [0.25, 0.3) is 0 Å². The maximum Gasteiger partial charge on any atom is 0.309 e. The van der Waals surface area contributed by atoms with Gasteiger partial charge in [-0.05, 0) is 31.1 Å². The number of carboxylic acid groups (broad SMARTS) is 1. The van der Waals surface area contributed by atoms with Gasteiger partial charge in [0.05, 0.1) is 12.0 Å². The van der Waals surface area contributed by atoms with Crippen molar-refractivity contribution >= 4 is 5.97 Å². The second-order valence-corrected chi connectivity index (χ2v) is 3.69. The van der Waals surface area contributed by atoms with E-state index in [-0.39, 0.29) is 11.8 Å². The summed E-state index contributed by atoms with van der Waals surface area (Å²) >= 11 is 0. The molecule has 11 heavy (non-hydrogen) atoms. The van der Waals surface area contributed by atoms with E-state index in [1.54, 1.807) is 0 Å². The molecule has 3 nitrogen and oxygen atoms in total.